The van der Waals surface area contributed by atoms with Gasteiger partial charge in [0.1, 0.15) is 0 Å². The third-order valence-electron chi connectivity index (χ3n) is 3.64. The van der Waals surface area contributed by atoms with Gasteiger partial charge in [-0.15, -0.1) is 0 Å². The number of rotatable bonds is 7. The molecule has 0 spiro atoms. The highest BCUT2D eigenvalue weighted by Crippen LogP contribution is 2.29. The van der Waals surface area contributed by atoms with Crippen molar-refractivity contribution in [3.05, 3.63) is 22.9 Å². The van der Waals surface area contributed by atoms with Crippen LogP contribution in [0.5, 0.6) is 0 Å². The summed E-state index contributed by atoms with van der Waals surface area (Å²) in [5, 5.41) is 0.755. The lowest BCUT2D eigenvalue weighted by Gasteiger charge is -2.33. The Morgan fingerprint density at radius 3 is 2.80 bits per heavy atom. The fourth-order valence-electron chi connectivity index (χ4n) is 2.67. The van der Waals surface area contributed by atoms with E-state index in [1.165, 1.54) is 19.3 Å². The van der Waals surface area contributed by atoms with Crippen molar-refractivity contribution in [2.75, 3.05) is 4.43 Å². The number of unbranched alkanes of at least 4 members (excludes halogenated alkanes) is 2. The summed E-state index contributed by atoms with van der Waals surface area (Å²) in [6, 6.07) is 0.254. The average molecular weight is 410 g/mol. The minimum absolute atomic E-state index is 0.194. The summed E-state index contributed by atoms with van der Waals surface area (Å²) in [6.45, 7) is 6.50. The molecule has 2 nitrogen and oxygen atoms in total. The zero-order valence-electron chi connectivity index (χ0n) is 12.7. The molecular formula is C16H25ClINO. The van der Waals surface area contributed by atoms with Gasteiger partial charge in [-0.2, -0.15) is 0 Å². The van der Waals surface area contributed by atoms with Gasteiger partial charge in [0.05, 0.1) is 4.43 Å². The molecule has 2 atom stereocenters. The van der Waals surface area contributed by atoms with Crippen molar-refractivity contribution in [3.8, 4) is 0 Å². The maximum Gasteiger partial charge on any atom is 0.236 e. The number of carbonyl (C=O) groups excluding carboxylic acids is 1. The summed E-state index contributed by atoms with van der Waals surface area (Å²) in [7, 11) is 0. The average Bonchev–Trinajstić information content (AvgIpc) is 2.38. The first-order valence-electron chi connectivity index (χ1n) is 7.45. The normalized spacial score (nSPS) is 20.1. The molecule has 0 aromatic heterocycles. The molecule has 1 aliphatic carbocycles. The van der Waals surface area contributed by atoms with Crippen molar-refractivity contribution >= 4 is 40.1 Å². The number of carbonyl (C=O) groups is 1. The Morgan fingerprint density at radius 2 is 2.25 bits per heavy atom. The highest BCUT2D eigenvalue weighted by Gasteiger charge is 2.25. The summed E-state index contributed by atoms with van der Waals surface area (Å²) in [5.41, 5.74) is 1.08. The van der Waals surface area contributed by atoms with Crippen LogP contribution in [0.3, 0.4) is 0 Å². The van der Waals surface area contributed by atoms with Gasteiger partial charge in [0.15, 0.2) is 0 Å². The third kappa shape index (κ3) is 5.40. The number of alkyl halides is 1. The van der Waals surface area contributed by atoms with Gasteiger partial charge in [0, 0.05) is 16.8 Å². The van der Waals surface area contributed by atoms with Crippen LogP contribution in [0.15, 0.2) is 22.9 Å². The minimum Gasteiger partial charge on any atom is -0.313 e. The monoisotopic (exact) mass is 409 g/mol. The number of hydrogen-bond donors (Lipinski definition) is 0. The van der Waals surface area contributed by atoms with E-state index in [4.69, 9.17) is 11.6 Å². The lowest BCUT2D eigenvalue weighted by atomic mass is 9.97. The van der Waals surface area contributed by atoms with Crippen molar-refractivity contribution in [3.63, 3.8) is 0 Å². The number of amides is 1. The molecule has 0 fully saturated rings. The van der Waals surface area contributed by atoms with E-state index in [0.717, 1.165) is 23.6 Å². The number of allylic oxidation sites excluding steroid dienone is 4. The Hall–Kier alpha value is -0.0300. The molecule has 0 heterocycles. The first-order chi connectivity index (χ1) is 9.49. The van der Waals surface area contributed by atoms with Crippen molar-refractivity contribution in [2.45, 2.75) is 58.9 Å². The highest BCUT2D eigenvalue weighted by molar-refractivity contribution is 14.1. The van der Waals surface area contributed by atoms with Gasteiger partial charge in [-0.1, -0.05) is 73.4 Å². The van der Waals surface area contributed by atoms with E-state index in [1.54, 1.807) is 0 Å². The molecular weight excluding hydrogens is 385 g/mol. The van der Waals surface area contributed by atoms with E-state index >= 15 is 0 Å². The number of nitrogens with zero attached hydrogens (tertiary/aromatic N) is 1. The Kier molecular flexibility index (Phi) is 8.18. The second-order valence-electron chi connectivity index (χ2n) is 5.61. The van der Waals surface area contributed by atoms with Crippen LogP contribution < -0.4 is 0 Å². The SMILES string of the molecule is CCCCCC(C)N(C(=O)CI)C1=CC(Cl)=CC(C)C1. The van der Waals surface area contributed by atoms with E-state index < -0.39 is 0 Å². The van der Waals surface area contributed by atoms with Gasteiger partial charge < -0.3 is 4.90 Å². The zero-order valence-corrected chi connectivity index (χ0v) is 15.6. The summed E-state index contributed by atoms with van der Waals surface area (Å²) in [4.78, 5) is 14.3. The lowest BCUT2D eigenvalue weighted by Crippen LogP contribution is -2.39. The molecule has 0 bridgehead atoms. The van der Waals surface area contributed by atoms with Crippen molar-refractivity contribution in [1.82, 2.24) is 4.90 Å². The van der Waals surface area contributed by atoms with E-state index in [0.29, 0.717) is 10.3 Å². The fourth-order valence-corrected chi connectivity index (χ4v) is 3.38. The molecule has 2 unspecified atom stereocenters. The second-order valence-corrected chi connectivity index (χ2v) is 6.81. The Morgan fingerprint density at radius 1 is 1.55 bits per heavy atom. The molecule has 1 amide bonds. The molecule has 114 valence electrons. The van der Waals surface area contributed by atoms with E-state index in [1.807, 2.05) is 11.0 Å². The topological polar surface area (TPSA) is 20.3 Å². The maximum absolute atomic E-state index is 12.3. The molecule has 0 saturated heterocycles. The fraction of sp³-hybridized carbons (Fsp3) is 0.688. The first kappa shape index (κ1) is 18.0. The van der Waals surface area contributed by atoms with Crippen LogP contribution in [0.1, 0.15) is 52.9 Å². The van der Waals surface area contributed by atoms with Crippen LogP contribution in [-0.2, 0) is 4.79 Å². The van der Waals surface area contributed by atoms with Crippen LogP contribution in [-0.4, -0.2) is 21.3 Å². The van der Waals surface area contributed by atoms with Gasteiger partial charge in [-0.3, -0.25) is 4.79 Å². The van der Waals surface area contributed by atoms with Crippen molar-refractivity contribution in [2.24, 2.45) is 5.92 Å². The largest absolute Gasteiger partial charge is 0.313 e. The van der Waals surface area contributed by atoms with Gasteiger partial charge in [0.25, 0.3) is 0 Å². The summed E-state index contributed by atoms with van der Waals surface area (Å²) >= 11 is 8.32. The van der Waals surface area contributed by atoms with Crippen LogP contribution >= 0.6 is 34.2 Å². The maximum atomic E-state index is 12.3. The minimum atomic E-state index is 0.194. The quantitative estimate of drug-likeness (QED) is 0.319. The third-order valence-corrected chi connectivity index (χ3v) is 4.53. The van der Waals surface area contributed by atoms with Crippen LogP contribution in [0.4, 0.5) is 0 Å². The molecule has 1 aliphatic rings. The molecule has 0 saturated carbocycles. The Balaban J connectivity index is 2.84. The molecule has 0 aromatic carbocycles. The van der Waals surface area contributed by atoms with Gasteiger partial charge in [0.2, 0.25) is 5.91 Å². The van der Waals surface area contributed by atoms with Crippen molar-refractivity contribution in [1.29, 1.82) is 0 Å². The first-order valence-corrected chi connectivity index (χ1v) is 9.35. The number of hydrogen-bond acceptors (Lipinski definition) is 1. The molecule has 4 heteroatoms. The van der Waals surface area contributed by atoms with Crippen LogP contribution in [0, 0.1) is 5.92 Å². The lowest BCUT2D eigenvalue weighted by molar-refractivity contribution is -0.128. The molecule has 20 heavy (non-hydrogen) atoms. The van der Waals surface area contributed by atoms with E-state index in [-0.39, 0.29) is 11.9 Å². The molecule has 0 aliphatic heterocycles. The Bertz CT molecular complexity index is 392. The molecule has 1 rings (SSSR count). The summed E-state index contributed by atoms with van der Waals surface area (Å²) < 4.78 is 0.517. The van der Waals surface area contributed by atoms with Crippen molar-refractivity contribution < 1.29 is 4.79 Å². The van der Waals surface area contributed by atoms with Gasteiger partial charge >= 0.3 is 0 Å². The standard InChI is InChI=1S/C16H25ClINO/c1-4-5-6-7-13(3)19(16(20)11-18)15-9-12(2)8-14(17)10-15/h8,10,12-13H,4-7,9,11H2,1-3H3. The molecule has 0 aromatic rings. The highest BCUT2D eigenvalue weighted by atomic mass is 127. The van der Waals surface area contributed by atoms with E-state index in [9.17, 15) is 4.79 Å². The predicted octanol–water partition coefficient (Wildman–Crippen LogP) is 5.27. The van der Waals surface area contributed by atoms with Gasteiger partial charge in [-0.25, -0.2) is 0 Å². The van der Waals surface area contributed by atoms with Crippen LogP contribution in [0.2, 0.25) is 0 Å². The summed E-state index contributed by atoms with van der Waals surface area (Å²) in [6.07, 6.45) is 9.59. The zero-order chi connectivity index (χ0) is 15.1. The molecule has 0 N–H and O–H groups in total. The summed E-state index contributed by atoms with van der Waals surface area (Å²) in [5.74, 6) is 0.592. The number of halogens is 2. The Labute approximate surface area is 141 Å². The second kappa shape index (κ2) is 9.08. The van der Waals surface area contributed by atoms with E-state index in [2.05, 4.69) is 49.4 Å². The van der Waals surface area contributed by atoms with Crippen LogP contribution in [0.25, 0.3) is 0 Å². The predicted molar refractivity (Wildman–Crippen MR) is 95.1 cm³/mol. The van der Waals surface area contributed by atoms with Gasteiger partial charge in [-0.05, 0) is 31.8 Å². The smallest absolute Gasteiger partial charge is 0.236 e. The molecule has 0 radical (unpaired) electrons.